The van der Waals surface area contributed by atoms with Crippen LogP contribution in [-0.4, -0.2) is 44.7 Å². The van der Waals surface area contributed by atoms with E-state index in [-0.39, 0.29) is 24.2 Å². The Morgan fingerprint density at radius 1 is 1.07 bits per heavy atom. The molecule has 2 aromatic heterocycles. The average Bonchev–Trinajstić information content (AvgIpc) is 3.53. The second-order valence-corrected chi connectivity index (χ2v) is 10.3. The van der Waals surface area contributed by atoms with E-state index in [2.05, 4.69) is 20.8 Å². The molecule has 2 heterocycles. The van der Waals surface area contributed by atoms with Gasteiger partial charge in [-0.3, -0.25) is 14.4 Å². The second-order valence-electron chi connectivity index (χ2n) is 10.3. The Kier molecular flexibility index (Phi) is 8.67. The number of aliphatic carboxylic acids is 1. The van der Waals surface area contributed by atoms with Crippen LogP contribution in [0.3, 0.4) is 0 Å². The number of aromatic nitrogens is 3. The smallest absolute Gasteiger partial charge is 0.303 e. The lowest BCUT2D eigenvalue weighted by Crippen LogP contribution is -2.24. The number of carbonyl (C=O) groups is 3. The first-order valence-electron chi connectivity index (χ1n) is 13.4. The monoisotopic (exact) mass is 545 g/mol. The fourth-order valence-electron chi connectivity index (χ4n) is 4.64. The zero-order chi connectivity index (χ0) is 29.0. The van der Waals surface area contributed by atoms with Crippen molar-refractivity contribution in [2.75, 3.05) is 12.4 Å². The molecule has 0 aliphatic heterocycles. The number of hydrogen-bond donors (Lipinski definition) is 3. The lowest BCUT2D eigenvalue weighted by Gasteiger charge is -2.18. The van der Waals surface area contributed by atoms with E-state index in [1.807, 2.05) is 55.8 Å². The molecular weight excluding hydrogens is 510 g/mol. The summed E-state index contributed by atoms with van der Waals surface area (Å²) in [5.41, 5.74) is 4.62. The number of nitrogens with zero attached hydrogens (tertiary/aromatic N) is 3. The number of fused-ring (bicyclic) bond motifs is 1. The predicted octanol–water partition coefficient (Wildman–Crippen LogP) is 5.01. The van der Waals surface area contributed by atoms with Crippen LogP contribution in [0.4, 0.5) is 5.69 Å². The van der Waals surface area contributed by atoms with Gasteiger partial charge in [-0.25, -0.2) is 0 Å². The van der Waals surface area contributed by atoms with E-state index in [1.165, 1.54) is 0 Å². The molecule has 0 aliphatic carbocycles. The van der Waals surface area contributed by atoms with Crippen molar-refractivity contribution in [3.05, 3.63) is 76.6 Å². The largest absolute Gasteiger partial charge is 0.481 e. The van der Waals surface area contributed by atoms with E-state index in [1.54, 1.807) is 26.1 Å². The Morgan fingerprint density at radius 2 is 1.85 bits per heavy atom. The Bertz CT molecular complexity index is 1550. The highest BCUT2D eigenvalue weighted by atomic mass is 16.4. The van der Waals surface area contributed by atoms with Gasteiger partial charge in [-0.05, 0) is 61.6 Å². The van der Waals surface area contributed by atoms with Crippen LogP contribution in [0, 0.1) is 6.92 Å². The van der Waals surface area contributed by atoms with Crippen molar-refractivity contribution in [2.45, 2.75) is 65.3 Å². The highest BCUT2D eigenvalue weighted by Crippen LogP contribution is 2.28. The van der Waals surface area contributed by atoms with E-state index < -0.39 is 12.0 Å². The van der Waals surface area contributed by atoms with Gasteiger partial charge >= 0.3 is 5.97 Å². The molecular formula is C30H35N5O5. The molecule has 0 fully saturated rings. The highest BCUT2D eigenvalue weighted by Gasteiger charge is 2.21. The summed E-state index contributed by atoms with van der Waals surface area (Å²) in [6, 6.07) is 10.6. The molecule has 4 rings (SSSR count). The van der Waals surface area contributed by atoms with Gasteiger partial charge in [0.2, 0.25) is 17.7 Å². The van der Waals surface area contributed by atoms with Crippen LogP contribution in [-0.2, 0) is 22.4 Å². The molecule has 1 unspecified atom stereocenters. The van der Waals surface area contributed by atoms with Gasteiger partial charge in [0.1, 0.15) is 6.04 Å². The number of rotatable bonds is 11. The molecule has 3 N–H and O–H groups in total. The SMILES string of the molecule is CNC(=O)c1ccc2c(C)cn(C(C)C(=O)Nc3cc(Cc4nnc(C(C)C)o4)ccc3CCCC(=O)O)c2c1. The number of benzene rings is 2. The number of carbonyl (C=O) groups excluding carboxylic acids is 2. The summed E-state index contributed by atoms with van der Waals surface area (Å²) >= 11 is 0. The summed E-state index contributed by atoms with van der Waals surface area (Å²) in [5.74, 6) is -0.132. The van der Waals surface area contributed by atoms with Crippen molar-refractivity contribution in [1.82, 2.24) is 20.1 Å². The first-order chi connectivity index (χ1) is 19.1. The summed E-state index contributed by atoms with van der Waals surface area (Å²) in [6.45, 7) is 7.73. The summed E-state index contributed by atoms with van der Waals surface area (Å²) < 4.78 is 7.63. The maximum atomic E-state index is 13.6. The first kappa shape index (κ1) is 28.5. The molecule has 210 valence electrons. The van der Waals surface area contributed by atoms with Gasteiger partial charge in [-0.2, -0.15) is 0 Å². The maximum absolute atomic E-state index is 13.6. The number of anilines is 1. The van der Waals surface area contributed by atoms with Crippen LogP contribution in [0.25, 0.3) is 10.9 Å². The van der Waals surface area contributed by atoms with Gasteiger partial charge in [0.15, 0.2) is 0 Å². The molecule has 0 aliphatic rings. The molecule has 2 aromatic carbocycles. The number of carboxylic acids is 1. The third kappa shape index (κ3) is 6.39. The molecule has 0 radical (unpaired) electrons. The summed E-state index contributed by atoms with van der Waals surface area (Å²) in [6.07, 6.45) is 3.29. The molecule has 0 saturated carbocycles. The number of amides is 2. The molecule has 40 heavy (non-hydrogen) atoms. The minimum absolute atomic E-state index is 0.0355. The second kappa shape index (κ2) is 12.1. The Labute approximate surface area is 232 Å². The van der Waals surface area contributed by atoms with E-state index >= 15 is 0 Å². The number of nitrogens with one attached hydrogen (secondary N) is 2. The van der Waals surface area contributed by atoms with Gasteiger partial charge in [-0.15, -0.1) is 10.2 Å². The van der Waals surface area contributed by atoms with Crippen molar-refractivity contribution >= 4 is 34.4 Å². The molecule has 2 amide bonds. The molecule has 10 heteroatoms. The zero-order valence-corrected chi connectivity index (χ0v) is 23.4. The number of aryl methyl sites for hydroxylation is 2. The van der Waals surface area contributed by atoms with Crippen LogP contribution in [0.15, 0.2) is 47.0 Å². The summed E-state index contributed by atoms with van der Waals surface area (Å²) in [4.78, 5) is 36.9. The minimum atomic E-state index is -0.862. The average molecular weight is 546 g/mol. The van der Waals surface area contributed by atoms with Crippen molar-refractivity contribution < 1.29 is 23.9 Å². The maximum Gasteiger partial charge on any atom is 0.303 e. The van der Waals surface area contributed by atoms with Crippen molar-refractivity contribution in [2.24, 2.45) is 0 Å². The molecule has 0 saturated heterocycles. The van der Waals surface area contributed by atoms with E-state index in [0.29, 0.717) is 42.3 Å². The van der Waals surface area contributed by atoms with E-state index in [0.717, 1.165) is 27.6 Å². The molecule has 10 nitrogen and oxygen atoms in total. The van der Waals surface area contributed by atoms with Gasteiger partial charge in [-0.1, -0.05) is 32.0 Å². The third-order valence-corrected chi connectivity index (χ3v) is 6.92. The van der Waals surface area contributed by atoms with Crippen LogP contribution in [0.5, 0.6) is 0 Å². The topological polar surface area (TPSA) is 139 Å². The van der Waals surface area contributed by atoms with Crippen LogP contribution < -0.4 is 10.6 Å². The number of carboxylic acid groups (broad SMARTS) is 1. The van der Waals surface area contributed by atoms with Crippen LogP contribution in [0.1, 0.15) is 84.4 Å². The minimum Gasteiger partial charge on any atom is -0.481 e. The van der Waals surface area contributed by atoms with Crippen molar-refractivity contribution in [3.63, 3.8) is 0 Å². The van der Waals surface area contributed by atoms with Crippen LogP contribution in [0.2, 0.25) is 0 Å². The molecule has 0 spiro atoms. The highest BCUT2D eigenvalue weighted by molar-refractivity contribution is 6.00. The zero-order valence-electron chi connectivity index (χ0n) is 23.4. The lowest BCUT2D eigenvalue weighted by molar-refractivity contribution is -0.137. The number of hydrogen-bond acceptors (Lipinski definition) is 6. The Hall–Kier alpha value is -4.47. The van der Waals surface area contributed by atoms with E-state index in [9.17, 15) is 14.4 Å². The van der Waals surface area contributed by atoms with E-state index in [4.69, 9.17) is 9.52 Å². The van der Waals surface area contributed by atoms with Crippen molar-refractivity contribution in [1.29, 1.82) is 0 Å². The normalized spacial score (nSPS) is 12.1. The van der Waals surface area contributed by atoms with Crippen molar-refractivity contribution in [3.8, 4) is 0 Å². The molecule has 0 bridgehead atoms. The quantitative estimate of drug-likeness (QED) is 0.241. The predicted molar refractivity (Wildman–Crippen MR) is 152 cm³/mol. The standard InChI is InChI=1S/C30H35N5O5/c1-17(2)30-34-33-26(40-30)14-20-9-10-21(7-6-8-27(36)37)24(13-20)32-28(38)19(4)35-16-18(3)23-12-11-22(15-25(23)35)29(39)31-5/h9-13,15-17,19H,6-8,14H2,1-5H3,(H,31,39)(H,32,38)(H,36,37). The third-order valence-electron chi connectivity index (χ3n) is 6.92. The van der Waals surface area contributed by atoms with Crippen LogP contribution >= 0.6 is 0 Å². The molecule has 1 atom stereocenters. The summed E-state index contributed by atoms with van der Waals surface area (Å²) in [7, 11) is 1.58. The van der Waals surface area contributed by atoms with Gasteiger partial charge in [0.25, 0.3) is 5.91 Å². The Balaban J connectivity index is 1.62. The van der Waals surface area contributed by atoms with Gasteiger partial charge in [0.05, 0.1) is 6.42 Å². The lowest BCUT2D eigenvalue weighted by atomic mass is 10.0. The Morgan fingerprint density at radius 3 is 2.52 bits per heavy atom. The fourth-order valence-corrected chi connectivity index (χ4v) is 4.64. The molecule has 4 aromatic rings. The first-order valence-corrected chi connectivity index (χ1v) is 13.4. The van der Waals surface area contributed by atoms with Gasteiger partial charge in [0, 0.05) is 47.7 Å². The fraction of sp³-hybridized carbons (Fsp3) is 0.367. The van der Waals surface area contributed by atoms with Gasteiger partial charge < -0.3 is 24.7 Å². The summed E-state index contributed by atoms with van der Waals surface area (Å²) in [5, 5.41) is 24.0.